The number of pyridine rings is 1. The number of nitrogens with two attached hydrogens (primary N) is 1. The van der Waals surface area contributed by atoms with Crippen LogP contribution in [-0.2, 0) is 9.53 Å². The van der Waals surface area contributed by atoms with Crippen LogP contribution in [0.5, 0.6) is 5.75 Å². The summed E-state index contributed by atoms with van der Waals surface area (Å²) in [6.45, 7) is 2.43. The van der Waals surface area contributed by atoms with E-state index in [0.717, 1.165) is 10.9 Å². The Morgan fingerprint density at radius 1 is 1.35 bits per heavy atom. The minimum atomic E-state index is -0.655. The van der Waals surface area contributed by atoms with E-state index in [-0.39, 0.29) is 0 Å². The predicted molar refractivity (Wildman–Crippen MR) is 76.5 cm³/mol. The fraction of sp³-hybridized carbons (Fsp3) is 0.333. The summed E-state index contributed by atoms with van der Waals surface area (Å²) >= 11 is 0. The van der Waals surface area contributed by atoms with Crippen molar-refractivity contribution in [3.05, 3.63) is 36.5 Å². The topological polar surface area (TPSA) is 74.4 Å². The summed E-state index contributed by atoms with van der Waals surface area (Å²) in [4.78, 5) is 15.7. The monoisotopic (exact) mass is 274 g/mol. The Labute approximate surface area is 117 Å². The number of carbonyl (C=O) groups excluding carboxylic acids is 1. The van der Waals surface area contributed by atoms with Gasteiger partial charge < -0.3 is 15.2 Å². The molecule has 2 N–H and O–H groups in total. The van der Waals surface area contributed by atoms with Gasteiger partial charge in [0.1, 0.15) is 17.3 Å². The van der Waals surface area contributed by atoms with Crippen molar-refractivity contribution >= 4 is 16.9 Å². The molecule has 0 aliphatic rings. The molecule has 0 fully saturated rings. The maximum Gasteiger partial charge on any atom is 0.323 e. The maximum absolute atomic E-state index is 11.4. The van der Waals surface area contributed by atoms with Gasteiger partial charge in [-0.05, 0) is 19.1 Å². The van der Waals surface area contributed by atoms with Crippen molar-refractivity contribution in [3.63, 3.8) is 0 Å². The highest BCUT2D eigenvalue weighted by Gasteiger charge is 2.14. The number of carbonyl (C=O) groups is 1. The minimum absolute atomic E-state index is 0.334. The number of hydrogen-bond acceptors (Lipinski definition) is 5. The normalized spacial score (nSPS) is 12.1. The fourth-order valence-corrected chi connectivity index (χ4v) is 1.86. The first-order chi connectivity index (χ1) is 9.72. The average molecular weight is 274 g/mol. The molecule has 1 aromatic carbocycles. The highest BCUT2D eigenvalue weighted by atomic mass is 16.5. The van der Waals surface area contributed by atoms with Crippen molar-refractivity contribution in [3.8, 4) is 5.75 Å². The lowest BCUT2D eigenvalue weighted by molar-refractivity contribution is -0.145. The molecule has 0 bridgehead atoms. The molecule has 0 spiro atoms. The summed E-state index contributed by atoms with van der Waals surface area (Å²) in [5, 5.41) is 1.01. The van der Waals surface area contributed by atoms with Crippen LogP contribution in [0.25, 0.3) is 10.9 Å². The smallest absolute Gasteiger partial charge is 0.323 e. The second kappa shape index (κ2) is 6.86. The molecule has 0 saturated carbocycles. The summed E-state index contributed by atoms with van der Waals surface area (Å²) < 4.78 is 10.5. The van der Waals surface area contributed by atoms with Crippen molar-refractivity contribution < 1.29 is 14.3 Å². The van der Waals surface area contributed by atoms with Gasteiger partial charge in [0.15, 0.2) is 0 Å². The fourth-order valence-electron chi connectivity index (χ4n) is 1.86. The summed E-state index contributed by atoms with van der Waals surface area (Å²) in [7, 11) is 0. The van der Waals surface area contributed by atoms with Gasteiger partial charge in [-0.3, -0.25) is 9.78 Å². The van der Waals surface area contributed by atoms with E-state index in [0.29, 0.717) is 25.4 Å². The summed E-state index contributed by atoms with van der Waals surface area (Å²) in [6, 6.07) is 8.93. The zero-order chi connectivity index (χ0) is 14.4. The van der Waals surface area contributed by atoms with Crippen LogP contribution >= 0.6 is 0 Å². The maximum atomic E-state index is 11.4. The van der Waals surface area contributed by atoms with Gasteiger partial charge >= 0.3 is 5.97 Å². The number of benzene rings is 1. The lowest BCUT2D eigenvalue weighted by Crippen LogP contribution is -2.33. The Morgan fingerprint density at radius 3 is 2.95 bits per heavy atom. The number of hydrogen-bond donors (Lipinski definition) is 1. The molecule has 0 amide bonds. The quantitative estimate of drug-likeness (QED) is 0.814. The Bertz CT molecular complexity index is 581. The van der Waals surface area contributed by atoms with Gasteiger partial charge in [-0.15, -0.1) is 0 Å². The van der Waals surface area contributed by atoms with Gasteiger partial charge in [0, 0.05) is 18.0 Å². The van der Waals surface area contributed by atoms with E-state index in [1.54, 1.807) is 13.1 Å². The van der Waals surface area contributed by atoms with Crippen LogP contribution in [0.15, 0.2) is 36.5 Å². The van der Waals surface area contributed by atoms with E-state index in [1.807, 2.05) is 30.3 Å². The first kappa shape index (κ1) is 14.3. The van der Waals surface area contributed by atoms with Crippen molar-refractivity contribution in [2.75, 3.05) is 13.2 Å². The summed E-state index contributed by atoms with van der Waals surface area (Å²) in [6.07, 6.45) is 2.13. The van der Waals surface area contributed by atoms with E-state index in [4.69, 9.17) is 15.2 Å². The molecule has 0 saturated heterocycles. The van der Waals surface area contributed by atoms with Crippen molar-refractivity contribution in [2.45, 2.75) is 19.4 Å². The molecular weight excluding hydrogens is 256 g/mol. The molecule has 1 atom stereocenters. The van der Waals surface area contributed by atoms with E-state index in [1.165, 1.54) is 0 Å². The Balaban J connectivity index is 1.95. The number of ether oxygens (including phenoxy) is 2. The van der Waals surface area contributed by atoms with Gasteiger partial charge in [0.25, 0.3) is 0 Å². The molecule has 0 aliphatic carbocycles. The van der Waals surface area contributed by atoms with E-state index in [9.17, 15) is 4.79 Å². The Morgan fingerprint density at radius 2 is 2.15 bits per heavy atom. The Kier molecular flexibility index (Phi) is 4.90. The van der Waals surface area contributed by atoms with Crippen LogP contribution in [0.4, 0.5) is 0 Å². The first-order valence-electron chi connectivity index (χ1n) is 6.61. The lowest BCUT2D eigenvalue weighted by atomic mass is 10.2. The van der Waals surface area contributed by atoms with Crippen molar-refractivity contribution in [1.29, 1.82) is 0 Å². The van der Waals surface area contributed by atoms with Gasteiger partial charge in [-0.1, -0.05) is 18.2 Å². The predicted octanol–water partition coefficient (Wildman–Crippen LogP) is 1.89. The van der Waals surface area contributed by atoms with Gasteiger partial charge in [-0.2, -0.15) is 0 Å². The largest absolute Gasteiger partial charge is 0.491 e. The lowest BCUT2D eigenvalue weighted by Gasteiger charge is -2.12. The molecule has 1 heterocycles. The molecule has 5 nitrogen and oxygen atoms in total. The van der Waals surface area contributed by atoms with Crippen LogP contribution in [0.1, 0.15) is 13.3 Å². The molecule has 1 unspecified atom stereocenters. The van der Waals surface area contributed by atoms with Gasteiger partial charge in [0.2, 0.25) is 0 Å². The van der Waals surface area contributed by atoms with Crippen molar-refractivity contribution in [2.24, 2.45) is 5.73 Å². The second-order valence-electron chi connectivity index (χ2n) is 4.33. The third-order valence-electron chi connectivity index (χ3n) is 2.87. The molecule has 2 rings (SSSR count). The molecule has 0 aliphatic heterocycles. The van der Waals surface area contributed by atoms with Gasteiger partial charge in [-0.25, -0.2) is 0 Å². The number of nitrogens with zero attached hydrogens (tertiary/aromatic N) is 1. The van der Waals surface area contributed by atoms with Crippen LogP contribution in [0.3, 0.4) is 0 Å². The molecule has 2 aromatic rings. The average Bonchev–Trinajstić information content (AvgIpc) is 2.47. The van der Waals surface area contributed by atoms with Crippen LogP contribution in [0, 0.1) is 0 Å². The summed E-state index contributed by atoms with van der Waals surface area (Å²) in [5.41, 5.74) is 6.52. The van der Waals surface area contributed by atoms with E-state index in [2.05, 4.69) is 4.98 Å². The highest BCUT2D eigenvalue weighted by molar-refractivity contribution is 5.84. The third-order valence-corrected chi connectivity index (χ3v) is 2.87. The molecule has 106 valence electrons. The second-order valence-corrected chi connectivity index (χ2v) is 4.33. The van der Waals surface area contributed by atoms with Crippen LogP contribution in [0.2, 0.25) is 0 Å². The number of fused-ring (bicyclic) bond motifs is 1. The number of esters is 1. The third kappa shape index (κ3) is 3.45. The van der Waals surface area contributed by atoms with Crippen LogP contribution < -0.4 is 10.5 Å². The number of aromatic nitrogens is 1. The first-order valence-corrected chi connectivity index (χ1v) is 6.61. The number of para-hydroxylation sites is 1. The van der Waals surface area contributed by atoms with E-state index >= 15 is 0 Å². The standard InChI is InChI=1S/C15H18N2O3/c1-2-19-15(18)12(16)8-10-20-13-7-3-5-11-6-4-9-17-14(11)13/h3-7,9,12H,2,8,10,16H2,1H3. The zero-order valence-electron chi connectivity index (χ0n) is 11.4. The van der Waals surface area contributed by atoms with Crippen LogP contribution in [-0.4, -0.2) is 30.2 Å². The minimum Gasteiger partial charge on any atom is -0.491 e. The summed E-state index contributed by atoms with van der Waals surface area (Å²) in [5.74, 6) is 0.298. The SMILES string of the molecule is CCOC(=O)C(N)CCOc1cccc2cccnc12. The molecule has 1 aromatic heterocycles. The number of rotatable bonds is 6. The van der Waals surface area contributed by atoms with E-state index < -0.39 is 12.0 Å². The molecule has 5 heteroatoms. The Hall–Kier alpha value is -2.14. The zero-order valence-corrected chi connectivity index (χ0v) is 11.4. The molecular formula is C15H18N2O3. The highest BCUT2D eigenvalue weighted by Crippen LogP contribution is 2.22. The van der Waals surface area contributed by atoms with Crippen molar-refractivity contribution in [1.82, 2.24) is 4.98 Å². The molecule has 20 heavy (non-hydrogen) atoms. The molecule has 0 radical (unpaired) electrons. The van der Waals surface area contributed by atoms with Gasteiger partial charge in [0.05, 0.1) is 13.2 Å².